The zero-order chi connectivity index (χ0) is 36.6. The summed E-state index contributed by atoms with van der Waals surface area (Å²) < 4.78 is 14.8. The van der Waals surface area contributed by atoms with Crippen molar-refractivity contribution >= 4 is 64.0 Å². The standard InChI is InChI=1S/C35H30Cl2N6O6S2/c1-6-41-31(20-8-7-9-22(36)14-20)39-40-35(41)50-27-13-11-24(43(46)47)15-21(27)16-28-32(44)42-30(25-17-23(37)10-12-26(25)48-5)29(33(45)49-18(2)3)19(4)38-34(42)51-28/h7-18,30H,6H2,1-5H3/b28-16-/t30-/m1/s1. The number of nitro groups is 1. The largest absolute Gasteiger partial charge is 0.496 e. The number of aromatic nitrogens is 4. The number of non-ortho nitro benzene ring substituents is 1. The fourth-order valence-electron chi connectivity index (χ4n) is 5.66. The van der Waals surface area contributed by atoms with Gasteiger partial charge in [0.1, 0.15) is 11.8 Å². The predicted octanol–water partition coefficient (Wildman–Crippen LogP) is 6.84. The van der Waals surface area contributed by atoms with Crippen LogP contribution in [0, 0.1) is 10.1 Å². The highest BCUT2D eigenvalue weighted by molar-refractivity contribution is 7.99. The number of esters is 1. The van der Waals surface area contributed by atoms with E-state index in [1.54, 1.807) is 63.2 Å². The van der Waals surface area contributed by atoms with Gasteiger partial charge in [0.25, 0.3) is 11.2 Å². The number of ether oxygens (including phenoxy) is 2. The molecule has 0 unspecified atom stereocenters. The molecule has 51 heavy (non-hydrogen) atoms. The van der Waals surface area contributed by atoms with Crippen LogP contribution in [0.25, 0.3) is 17.5 Å². The molecule has 0 amide bonds. The number of allylic oxidation sites excluding steroid dienone is 1. The molecule has 262 valence electrons. The van der Waals surface area contributed by atoms with Gasteiger partial charge in [-0.1, -0.05) is 46.7 Å². The highest BCUT2D eigenvalue weighted by Gasteiger charge is 2.35. The van der Waals surface area contributed by atoms with E-state index in [1.165, 1.54) is 35.6 Å². The molecule has 0 spiro atoms. The molecule has 5 aromatic rings. The van der Waals surface area contributed by atoms with Gasteiger partial charge in [-0.3, -0.25) is 19.5 Å². The molecular weight excluding hydrogens is 735 g/mol. The maximum Gasteiger partial charge on any atom is 0.338 e. The lowest BCUT2D eigenvalue weighted by atomic mass is 9.95. The van der Waals surface area contributed by atoms with Crippen molar-refractivity contribution in [3.05, 3.63) is 123 Å². The first-order valence-corrected chi connectivity index (χ1v) is 18.0. The first-order valence-electron chi connectivity index (χ1n) is 15.6. The van der Waals surface area contributed by atoms with Crippen LogP contribution in [0.1, 0.15) is 44.9 Å². The van der Waals surface area contributed by atoms with Gasteiger partial charge in [-0.2, -0.15) is 0 Å². The third-order valence-corrected chi connectivity index (χ3v) is 10.4. The van der Waals surface area contributed by atoms with E-state index in [0.717, 1.165) is 16.9 Å². The fourth-order valence-corrected chi connectivity index (χ4v) is 8.04. The van der Waals surface area contributed by atoms with E-state index in [-0.39, 0.29) is 15.8 Å². The van der Waals surface area contributed by atoms with Crippen molar-refractivity contribution in [3.63, 3.8) is 0 Å². The van der Waals surface area contributed by atoms with E-state index in [4.69, 9.17) is 32.7 Å². The first kappa shape index (κ1) is 36.0. The van der Waals surface area contributed by atoms with Gasteiger partial charge in [-0.25, -0.2) is 9.79 Å². The number of nitrogens with zero attached hydrogens (tertiary/aromatic N) is 6. The number of carbonyl (C=O) groups is 1. The second kappa shape index (κ2) is 14.8. The number of methoxy groups -OCH3 is 1. The highest BCUT2D eigenvalue weighted by Crippen LogP contribution is 2.38. The van der Waals surface area contributed by atoms with Crippen LogP contribution in [-0.4, -0.2) is 43.4 Å². The molecule has 6 rings (SSSR count). The Morgan fingerprint density at radius 1 is 1.12 bits per heavy atom. The fraction of sp³-hybridized carbons (Fsp3) is 0.229. The van der Waals surface area contributed by atoms with Gasteiger partial charge in [0.2, 0.25) is 0 Å². The minimum absolute atomic E-state index is 0.157. The number of rotatable bonds is 10. The molecule has 0 N–H and O–H groups in total. The topological polar surface area (TPSA) is 144 Å². The molecule has 1 aliphatic rings. The van der Waals surface area contributed by atoms with E-state index >= 15 is 0 Å². The van der Waals surface area contributed by atoms with E-state index in [0.29, 0.717) is 59.8 Å². The minimum Gasteiger partial charge on any atom is -0.496 e. The summed E-state index contributed by atoms with van der Waals surface area (Å²) in [4.78, 5) is 44.9. The lowest BCUT2D eigenvalue weighted by Crippen LogP contribution is -2.40. The SMILES string of the molecule is CCn1c(Sc2ccc([N+](=O)[O-])cc2/C=c2\sc3n(c2=O)[C@H](c2cc(Cl)ccc2OC)C(C(=O)OC(C)C)=C(C)N=3)nnc1-c1cccc(Cl)c1. The van der Waals surface area contributed by atoms with Crippen LogP contribution in [0.2, 0.25) is 10.0 Å². The van der Waals surface area contributed by atoms with Crippen LogP contribution in [0.4, 0.5) is 5.69 Å². The number of halogens is 2. The molecule has 0 radical (unpaired) electrons. The summed E-state index contributed by atoms with van der Waals surface area (Å²) in [6, 6.07) is 15.6. The normalized spacial score (nSPS) is 14.4. The molecule has 1 atom stereocenters. The quantitative estimate of drug-likeness (QED) is 0.0848. The van der Waals surface area contributed by atoms with Crippen LogP contribution >= 0.6 is 46.3 Å². The predicted molar refractivity (Wildman–Crippen MR) is 196 cm³/mol. The molecule has 0 aliphatic carbocycles. The molecule has 3 heterocycles. The summed E-state index contributed by atoms with van der Waals surface area (Å²) in [5.74, 6) is 0.373. The lowest BCUT2D eigenvalue weighted by molar-refractivity contribution is -0.384. The molecule has 0 fully saturated rings. The Labute approximate surface area is 309 Å². The Morgan fingerprint density at radius 2 is 1.88 bits per heavy atom. The van der Waals surface area contributed by atoms with E-state index < -0.39 is 28.6 Å². The van der Waals surface area contributed by atoms with Gasteiger partial charge in [0.05, 0.1) is 33.9 Å². The summed E-state index contributed by atoms with van der Waals surface area (Å²) in [5.41, 5.74) is 1.53. The number of nitro benzene ring substituents is 1. The molecular formula is C35H30Cl2N6O6S2. The van der Waals surface area contributed by atoms with Crippen molar-refractivity contribution in [1.29, 1.82) is 0 Å². The average Bonchev–Trinajstić information content (AvgIpc) is 3.63. The third-order valence-electron chi connectivity index (χ3n) is 7.88. The average molecular weight is 766 g/mol. The van der Waals surface area contributed by atoms with Crippen molar-refractivity contribution in [1.82, 2.24) is 19.3 Å². The highest BCUT2D eigenvalue weighted by atomic mass is 35.5. The van der Waals surface area contributed by atoms with Gasteiger partial charge in [0.15, 0.2) is 15.8 Å². The van der Waals surface area contributed by atoms with Crippen molar-refractivity contribution < 1.29 is 19.2 Å². The summed E-state index contributed by atoms with van der Waals surface area (Å²) in [5, 5.41) is 22.2. The van der Waals surface area contributed by atoms with Gasteiger partial charge in [-0.15, -0.1) is 10.2 Å². The van der Waals surface area contributed by atoms with Crippen LogP contribution in [0.15, 0.2) is 91.8 Å². The van der Waals surface area contributed by atoms with Crippen molar-refractivity contribution in [3.8, 4) is 17.1 Å². The summed E-state index contributed by atoms with van der Waals surface area (Å²) >= 11 is 15.0. The molecule has 12 nitrogen and oxygen atoms in total. The van der Waals surface area contributed by atoms with Crippen molar-refractivity contribution in [2.75, 3.05) is 7.11 Å². The summed E-state index contributed by atoms with van der Waals surface area (Å²) in [6.07, 6.45) is 1.15. The maximum atomic E-state index is 14.4. The number of hydrogen-bond acceptors (Lipinski definition) is 11. The van der Waals surface area contributed by atoms with Crippen LogP contribution in [0.3, 0.4) is 0 Å². The molecule has 2 aromatic heterocycles. The number of benzene rings is 3. The van der Waals surface area contributed by atoms with Gasteiger partial charge in [-0.05, 0) is 87.5 Å². The zero-order valence-electron chi connectivity index (χ0n) is 27.9. The van der Waals surface area contributed by atoms with E-state index in [1.807, 2.05) is 23.6 Å². The molecule has 16 heteroatoms. The molecule has 0 bridgehead atoms. The minimum atomic E-state index is -0.990. The van der Waals surface area contributed by atoms with Gasteiger partial charge in [0, 0.05) is 44.7 Å². The Bertz CT molecular complexity index is 2420. The molecule has 3 aromatic carbocycles. The molecule has 0 saturated carbocycles. The van der Waals surface area contributed by atoms with Crippen molar-refractivity contribution in [2.45, 2.75) is 56.4 Å². The van der Waals surface area contributed by atoms with Crippen molar-refractivity contribution in [2.24, 2.45) is 4.99 Å². The zero-order valence-corrected chi connectivity index (χ0v) is 31.1. The number of thiazole rings is 1. The Hall–Kier alpha value is -4.76. The van der Waals surface area contributed by atoms with Gasteiger partial charge < -0.3 is 14.0 Å². The van der Waals surface area contributed by atoms with E-state index in [9.17, 15) is 19.7 Å². The Morgan fingerprint density at radius 3 is 2.57 bits per heavy atom. The second-order valence-corrected chi connectivity index (χ2v) is 14.5. The van der Waals surface area contributed by atoms with Crippen LogP contribution < -0.4 is 19.6 Å². The third kappa shape index (κ3) is 7.22. The Balaban J connectivity index is 1.52. The first-order chi connectivity index (χ1) is 24.4. The summed E-state index contributed by atoms with van der Waals surface area (Å²) in [7, 11) is 1.48. The smallest absolute Gasteiger partial charge is 0.338 e. The number of carbonyl (C=O) groups excluding carboxylic acids is 1. The van der Waals surface area contributed by atoms with Crippen LogP contribution in [0.5, 0.6) is 5.75 Å². The second-order valence-electron chi connectivity index (χ2n) is 11.6. The number of hydrogen-bond donors (Lipinski definition) is 0. The summed E-state index contributed by atoms with van der Waals surface area (Å²) in [6.45, 7) is 7.62. The van der Waals surface area contributed by atoms with E-state index in [2.05, 4.69) is 15.2 Å². The molecule has 0 saturated heterocycles. The monoisotopic (exact) mass is 764 g/mol. The van der Waals surface area contributed by atoms with Crippen LogP contribution in [-0.2, 0) is 16.1 Å². The molecule has 1 aliphatic heterocycles. The van der Waals surface area contributed by atoms with Gasteiger partial charge >= 0.3 is 5.97 Å². The lowest BCUT2D eigenvalue weighted by Gasteiger charge is -2.26. The Kier molecular flexibility index (Phi) is 10.5. The number of fused-ring (bicyclic) bond motifs is 1. The maximum absolute atomic E-state index is 14.4.